The van der Waals surface area contributed by atoms with E-state index in [1.165, 1.54) is 11.5 Å². The minimum atomic E-state index is -0.0764. The molecule has 0 aliphatic heterocycles. The van der Waals surface area contributed by atoms with Crippen LogP contribution in [0.15, 0.2) is 48.5 Å². The molecule has 0 aliphatic rings. The molecule has 0 N–H and O–H groups in total. The molecular weight excluding hydrogens is 339 g/mol. The Kier molecular flexibility index (Phi) is 4.52. The maximum absolute atomic E-state index is 12.3. The van der Waals surface area contributed by atoms with E-state index >= 15 is 0 Å². The second-order valence-corrected chi connectivity index (χ2v) is 6.22. The summed E-state index contributed by atoms with van der Waals surface area (Å²) in [5, 5.41) is 1.67. The van der Waals surface area contributed by atoms with E-state index in [1.807, 2.05) is 18.2 Å². The summed E-state index contributed by atoms with van der Waals surface area (Å²) in [5.74, 6) is 0.463. The van der Waals surface area contributed by atoms with Gasteiger partial charge in [0.25, 0.3) is 0 Å². The third-order valence-corrected chi connectivity index (χ3v) is 4.44. The van der Waals surface area contributed by atoms with Gasteiger partial charge in [-0.1, -0.05) is 47.5 Å². The van der Waals surface area contributed by atoms with Gasteiger partial charge in [0.1, 0.15) is 5.01 Å². The highest BCUT2D eigenvalue weighted by Crippen LogP contribution is 2.26. The second-order valence-electron chi connectivity index (χ2n) is 4.57. The minimum Gasteiger partial charge on any atom is -0.294 e. The zero-order valence-electron chi connectivity index (χ0n) is 11.3. The molecule has 0 spiro atoms. The molecule has 0 fully saturated rings. The van der Waals surface area contributed by atoms with E-state index in [4.69, 9.17) is 23.2 Å². The second kappa shape index (κ2) is 6.57. The first-order valence-corrected chi connectivity index (χ1v) is 8.03. The summed E-state index contributed by atoms with van der Waals surface area (Å²) in [6.45, 7) is 0. The van der Waals surface area contributed by atoms with Gasteiger partial charge in [-0.25, -0.2) is 4.98 Å². The molecule has 0 saturated carbocycles. The van der Waals surface area contributed by atoms with Crippen molar-refractivity contribution in [3.05, 3.63) is 69.1 Å². The molecule has 0 bridgehead atoms. The Labute approximate surface area is 141 Å². The minimum absolute atomic E-state index is 0.0764. The first-order chi connectivity index (χ1) is 10.6. The quantitative estimate of drug-likeness (QED) is 0.627. The lowest BCUT2D eigenvalue weighted by Gasteiger charge is -2.00. The highest BCUT2D eigenvalue weighted by atomic mass is 35.5. The number of benzene rings is 2. The molecule has 0 unspecified atom stereocenters. The molecule has 1 aromatic heterocycles. The lowest BCUT2D eigenvalue weighted by Crippen LogP contribution is -2.03. The fraction of sp³-hybridized carbons (Fsp3) is 0.0625. The smallest absolute Gasteiger partial charge is 0.174 e. The van der Waals surface area contributed by atoms with E-state index in [1.54, 1.807) is 30.3 Å². The van der Waals surface area contributed by atoms with E-state index in [0.29, 0.717) is 26.4 Å². The van der Waals surface area contributed by atoms with Gasteiger partial charge < -0.3 is 0 Å². The summed E-state index contributed by atoms with van der Waals surface area (Å²) >= 11 is 13.4. The maximum Gasteiger partial charge on any atom is 0.174 e. The Morgan fingerprint density at radius 1 is 1.00 bits per heavy atom. The van der Waals surface area contributed by atoms with Gasteiger partial charge in [0.15, 0.2) is 11.6 Å². The number of halogens is 2. The summed E-state index contributed by atoms with van der Waals surface area (Å²) < 4.78 is 4.28. The van der Waals surface area contributed by atoms with Gasteiger partial charge in [-0.3, -0.25) is 4.79 Å². The van der Waals surface area contributed by atoms with Crippen molar-refractivity contribution >= 4 is 40.5 Å². The van der Waals surface area contributed by atoms with Crippen LogP contribution < -0.4 is 0 Å². The SMILES string of the molecule is O=C(Cc1nc(-c2ccccc2Cl)ns1)c1ccccc1Cl. The summed E-state index contributed by atoms with van der Waals surface area (Å²) in [6.07, 6.45) is 0.172. The van der Waals surface area contributed by atoms with Crippen molar-refractivity contribution in [3.8, 4) is 11.4 Å². The van der Waals surface area contributed by atoms with Gasteiger partial charge in [-0.2, -0.15) is 4.37 Å². The van der Waals surface area contributed by atoms with Crippen molar-refractivity contribution in [1.29, 1.82) is 0 Å². The summed E-state index contributed by atoms with van der Waals surface area (Å²) in [6, 6.07) is 14.3. The number of hydrogen-bond donors (Lipinski definition) is 0. The fourth-order valence-electron chi connectivity index (χ4n) is 2.00. The summed E-state index contributed by atoms with van der Waals surface area (Å²) in [5.41, 5.74) is 1.26. The zero-order chi connectivity index (χ0) is 15.5. The number of carbonyl (C=O) groups is 1. The van der Waals surface area contributed by atoms with Crippen LogP contribution >= 0.6 is 34.7 Å². The first-order valence-electron chi connectivity index (χ1n) is 6.50. The lowest BCUT2D eigenvalue weighted by atomic mass is 10.1. The fourth-order valence-corrected chi connectivity index (χ4v) is 3.11. The molecule has 110 valence electrons. The number of rotatable bonds is 4. The van der Waals surface area contributed by atoms with Crippen molar-refractivity contribution in [2.45, 2.75) is 6.42 Å². The predicted molar refractivity (Wildman–Crippen MR) is 89.8 cm³/mol. The third kappa shape index (κ3) is 3.19. The van der Waals surface area contributed by atoms with Crippen LogP contribution in [0.5, 0.6) is 0 Å². The molecule has 3 nitrogen and oxygen atoms in total. The number of carbonyl (C=O) groups excluding carboxylic acids is 1. The zero-order valence-corrected chi connectivity index (χ0v) is 13.6. The third-order valence-electron chi connectivity index (χ3n) is 3.07. The van der Waals surface area contributed by atoms with Gasteiger partial charge in [0.2, 0.25) is 0 Å². The Hall–Kier alpha value is -1.75. The number of aromatic nitrogens is 2. The molecule has 1 heterocycles. The van der Waals surface area contributed by atoms with Crippen LogP contribution in [0, 0.1) is 0 Å². The number of ketones is 1. The topological polar surface area (TPSA) is 42.9 Å². The molecule has 0 radical (unpaired) electrons. The van der Waals surface area contributed by atoms with E-state index in [2.05, 4.69) is 9.36 Å². The number of hydrogen-bond acceptors (Lipinski definition) is 4. The number of Topliss-reactive ketones (excluding diaryl/α,β-unsaturated/α-hetero) is 1. The van der Waals surface area contributed by atoms with Gasteiger partial charge in [0, 0.05) is 11.1 Å². The highest BCUT2D eigenvalue weighted by molar-refractivity contribution is 7.05. The van der Waals surface area contributed by atoms with Crippen LogP contribution in [0.4, 0.5) is 0 Å². The van der Waals surface area contributed by atoms with Crippen LogP contribution in [0.25, 0.3) is 11.4 Å². The molecule has 3 aromatic rings. The average Bonchev–Trinajstić information content (AvgIpc) is 2.96. The summed E-state index contributed by atoms with van der Waals surface area (Å²) in [7, 11) is 0. The Morgan fingerprint density at radius 3 is 2.41 bits per heavy atom. The van der Waals surface area contributed by atoms with Crippen LogP contribution in [-0.4, -0.2) is 15.1 Å². The van der Waals surface area contributed by atoms with Crippen molar-refractivity contribution in [2.24, 2.45) is 0 Å². The average molecular weight is 349 g/mol. The predicted octanol–water partition coefficient (Wildman–Crippen LogP) is 4.94. The molecule has 0 amide bonds. The first kappa shape index (κ1) is 15.2. The van der Waals surface area contributed by atoms with E-state index in [0.717, 1.165) is 5.56 Å². The molecule has 6 heteroatoms. The van der Waals surface area contributed by atoms with E-state index in [9.17, 15) is 4.79 Å². The Balaban J connectivity index is 1.82. The standard InChI is InChI=1S/C16H10Cl2N2OS/c17-12-7-3-1-5-10(12)14(21)9-15-19-16(20-22-15)11-6-2-4-8-13(11)18/h1-8H,9H2. The molecule has 2 aromatic carbocycles. The Morgan fingerprint density at radius 2 is 1.68 bits per heavy atom. The van der Waals surface area contributed by atoms with Crippen molar-refractivity contribution < 1.29 is 4.79 Å². The van der Waals surface area contributed by atoms with Crippen LogP contribution in [0.2, 0.25) is 10.0 Å². The molecular formula is C16H10Cl2N2OS. The highest BCUT2D eigenvalue weighted by Gasteiger charge is 2.15. The Bertz CT molecular complexity index is 832. The van der Waals surface area contributed by atoms with Gasteiger partial charge in [-0.15, -0.1) is 0 Å². The molecule has 22 heavy (non-hydrogen) atoms. The van der Waals surface area contributed by atoms with Gasteiger partial charge in [-0.05, 0) is 35.8 Å². The normalized spacial score (nSPS) is 10.6. The van der Waals surface area contributed by atoms with Crippen molar-refractivity contribution in [2.75, 3.05) is 0 Å². The molecule has 0 saturated heterocycles. The number of nitrogens with zero attached hydrogens (tertiary/aromatic N) is 2. The lowest BCUT2D eigenvalue weighted by molar-refractivity contribution is 0.0993. The largest absolute Gasteiger partial charge is 0.294 e. The summed E-state index contributed by atoms with van der Waals surface area (Å²) in [4.78, 5) is 16.7. The van der Waals surface area contributed by atoms with E-state index in [-0.39, 0.29) is 12.2 Å². The molecule has 0 atom stereocenters. The van der Waals surface area contributed by atoms with Gasteiger partial charge in [0.05, 0.1) is 16.5 Å². The molecule has 0 aliphatic carbocycles. The van der Waals surface area contributed by atoms with E-state index < -0.39 is 0 Å². The van der Waals surface area contributed by atoms with Crippen LogP contribution in [0.3, 0.4) is 0 Å². The van der Waals surface area contributed by atoms with Crippen LogP contribution in [0.1, 0.15) is 15.4 Å². The van der Waals surface area contributed by atoms with Crippen molar-refractivity contribution in [1.82, 2.24) is 9.36 Å². The van der Waals surface area contributed by atoms with Crippen LogP contribution in [-0.2, 0) is 6.42 Å². The monoisotopic (exact) mass is 348 g/mol. The maximum atomic E-state index is 12.3. The van der Waals surface area contributed by atoms with Gasteiger partial charge >= 0.3 is 0 Å². The van der Waals surface area contributed by atoms with Crippen molar-refractivity contribution in [3.63, 3.8) is 0 Å². The molecule has 3 rings (SSSR count).